The van der Waals surface area contributed by atoms with Crippen LogP contribution >= 0.6 is 0 Å². The van der Waals surface area contributed by atoms with Gasteiger partial charge >= 0.3 is 0 Å². The number of rotatable bonds is 20. The predicted molar refractivity (Wildman–Crippen MR) is 120 cm³/mol. The van der Waals surface area contributed by atoms with Gasteiger partial charge in [-0.05, 0) is 24.8 Å². The van der Waals surface area contributed by atoms with Gasteiger partial charge in [0.1, 0.15) is 12.1 Å². The monoisotopic (exact) mass is 386 g/mol. The highest BCUT2D eigenvalue weighted by Gasteiger charge is 2.00. The van der Waals surface area contributed by atoms with Gasteiger partial charge in [-0.1, -0.05) is 114 Å². The maximum Gasteiger partial charge on any atom is 0.139 e. The third-order valence-corrected chi connectivity index (χ3v) is 5.57. The van der Waals surface area contributed by atoms with Crippen molar-refractivity contribution < 1.29 is 9.59 Å². The molecule has 158 valence electrons. The average Bonchev–Trinajstić information content (AvgIpc) is 2.71. The highest BCUT2D eigenvalue weighted by Crippen LogP contribution is 2.14. The van der Waals surface area contributed by atoms with Crippen molar-refractivity contribution in [3.63, 3.8) is 0 Å². The summed E-state index contributed by atoms with van der Waals surface area (Å²) in [6, 6.07) is 10.8. The zero-order chi connectivity index (χ0) is 20.1. The maximum absolute atomic E-state index is 11.2. The molecule has 0 saturated carbocycles. The van der Waals surface area contributed by atoms with Gasteiger partial charge in [0.25, 0.3) is 0 Å². The third-order valence-electron chi connectivity index (χ3n) is 5.57. The molecule has 2 heteroatoms. The van der Waals surface area contributed by atoms with Gasteiger partial charge in [-0.3, -0.25) is 4.79 Å². The average molecular weight is 387 g/mol. The molecular formula is C26H42O2. The normalized spacial score (nSPS) is 10.9. The minimum Gasteiger partial charge on any atom is -0.303 e. The van der Waals surface area contributed by atoms with E-state index in [-0.39, 0.29) is 12.2 Å². The fourth-order valence-electron chi connectivity index (χ4n) is 3.79. The molecular weight excluding hydrogens is 344 g/mol. The Balaban J connectivity index is 1.71. The molecule has 0 N–H and O–H groups in total. The summed E-state index contributed by atoms with van der Waals surface area (Å²) < 4.78 is 0. The molecule has 1 aromatic rings. The van der Waals surface area contributed by atoms with Crippen LogP contribution in [0.1, 0.15) is 115 Å². The number of benzene rings is 1. The summed E-state index contributed by atoms with van der Waals surface area (Å²) in [7, 11) is 0. The Morgan fingerprint density at radius 2 is 1.04 bits per heavy atom. The van der Waals surface area contributed by atoms with Gasteiger partial charge in [0.05, 0.1) is 6.42 Å². The van der Waals surface area contributed by atoms with E-state index in [0.29, 0.717) is 6.42 Å². The lowest BCUT2D eigenvalue weighted by Crippen LogP contribution is -1.97. The predicted octanol–water partition coefficient (Wildman–Crippen LogP) is 7.63. The smallest absolute Gasteiger partial charge is 0.139 e. The fourth-order valence-corrected chi connectivity index (χ4v) is 3.79. The van der Waals surface area contributed by atoms with Gasteiger partial charge in [-0.25, -0.2) is 0 Å². The maximum atomic E-state index is 11.2. The summed E-state index contributed by atoms with van der Waals surface area (Å²) in [6.07, 6.45) is 22.5. The molecule has 1 aromatic carbocycles. The van der Waals surface area contributed by atoms with E-state index in [1.165, 1.54) is 95.5 Å². The number of carbonyl (C=O) groups is 2. The first-order valence-corrected chi connectivity index (χ1v) is 11.8. The largest absolute Gasteiger partial charge is 0.303 e. The van der Waals surface area contributed by atoms with Crippen molar-refractivity contribution in [2.24, 2.45) is 0 Å². The second-order valence-electron chi connectivity index (χ2n) is 8.20. The zero-order valence-corrected chi connectivity index (χ0v) is 18.0. The lowest BCUT2D eigenvalue weighted by Gasteiger charge is -2.04. The Hall–Kier alpha value is -1.44. The van der Waals surface area contributed by atoms with Gasteiger partial charge in [0.15, 0.2) is 0 Å². The summed E-state index contributed by atoms with van der Waals surface area (Å²) >= 11 is 0. The van der Waals surface area contributed by atoms with Crippen LogP contribution < -0.4 is 0 Å². The van der Waals surface area contributed by atoms with Crippen LogP contribution in [0.3, 0.4) is 0 Å². The quantitative estimate of drug-likeness (QED) is 0.131. The number of unbranched alkanes of at least 4 members (excludes halogenated alkanes) is 14. The third kappa shape index (κ3) is 15.6. The minimum atomic E-state index is 0.0992. The Bertz CT molecular complexity index is 480. The van der Waals surface area contributed by atoms with Gasteiger partial charge in [-0.2, -0.15) is 0 Å². The van der Waals surface area contributed by atoms with Crippen LogP contribution in [-0.4, -0.2) is 12.1 Å². The summed E-state index contributed by atoms with van der Waals surface area (Å²) in [4.78, 5) is 21.4. The molecule has 0 radical (unpaired) electrons. The molecule has 2 nitrogen and oxygen atoms in total. The molecule has 0 unspecified atom stereocenters. The second-order valence-corrected chi connectivity index (χ2v) is 8.20. The van der Waals surface area contributed by atoms with E-state index in [1.54, 1.807) is 0 Å². The molecule has 0 heterocycles. The van der Waals surface area contributed by atoms with Crippen molar-refractivity contribution in [2.75, 3.05) is 0 Å². The minimum absolute atomic E-state index is 0.0992. The molecule has 28 heavy (non-hydrogen) atoms. The van der Waals surface area contributed by atoms with Crippen molar-refractivity contribution in [3.8, 4) is 0 Å². The van der Waals surface area contributed by atoms with Crippen LogP contribution in [0.2, 0.25) is 0 Å². The molecule has 0 aliphatic heterocycles. The topological polar surface area (TPSA) is 34.1 Å². The number of aldehydes is 1. The molecule has 0 aromatic heterocycles. The number of hydrogen-bond acceptors (Lipinski definition) is 2. The number of hydrogen-bond donors (Lipinski definition) is 0. The molecule has 0 bridgehead atoms. The van der Waals surface area contributed by atoms with Gasteiger partial charge in [0, 0.05) is 6.42 Å². The first kappa shape index (κ1) is 24.6. The first-order valence-electron chi connectivity index (χ1n) is 11.8. The van der Waals surface area contributed by atoms with E-state index in [9.17, 15) is 9.59 Å². The summed E-state index contributed by atoms with van der Waals surface area (Å²) in [5.41, 5.74) is 1.48. The molecule has 0 aliphatic rings. The highest BCUT2D eigenvalue weighted by molar-refractivity contribution is 5.89. The highest BCUT2D eigenvalue weighted by atomic mass is 16.1. The van der Waals surface area contributed by atoms with Gasteiger partial charge < -0.3 is 4.79 Å². The van der Waals surface area contributed by atoms with E-state index in [0.717, 1.165) is 19.1 Å². The lowest BCUT2D eigenvalue weighted by atomic mass is 10.0. The van der Waals surface area contributed by atoms with Crippen molar-refractivity contribution in [2.45, 2.75) is 116 Å². The van der Waals surface area contributed by atoms with Crippen LogP contribution in [0, 0.1) is 0 Å². The van der Waals surface area contributed by atoms with Crippen LogP contribution in [0.4, 0.5) is 0 Å². The van der Waals surface area contributed by atoms with Crippen LogP contribution in [0.5, 0.6) is 0 Å². The van der Waals surface area contributed by atoms with Crippen molar-refractivity contribution in [3.05, 3.63) is 35.9 Å². The van der Waals surface area contributed by atoms with Crippen molar-refractivity contribution in [1.82, 2.24) is 0 Å². The number of ketones is 1. The molecule has 0 amide bonds. The fraction of sp³-hybridized carbons (Fsp3) is 0.692. The van der Waals surface area contributed by atoms with E-state index in [1.807, 2.05) is 0 Å². The van der Waals surface area contributed by atoms with Crippen molar-refractivity contribution in [1.29, 1.82) is 0 Å². The summed E-state index contributed by atoms with van der Waals surface area (Å²) in [5, 5.41) is 0. The molecule has 0 fully saturated rings. The summed E-state index contributed by atoms with van der Waals surface area (Å²) in [5.74, 6) is 0.0992. The molecule has 0 atom stereocenters. The SMILES string of the molecule is O=CCC(=O)CCCCCCCCCCCCCCCCCc1ccccc1. The lowest BCUT2D eigenvalue weighted by molar-refractivity contribution is -0.122. The number of carbonyl (C=O) groups excluding carboxylic acids is 2. The standard InChI is InChI=1S/C26H42O2/c27-24-23-26(28)22-18-13-11-9-7-5-3-1-2-4-6-8-10-12-15-19-25-20-16-14-17-21-25/h14,16-17,20-21,24H,1-13,15,18-19,22-23H2. The Morgan fingerprint density at radius 3 is 1.50 bits per heavy atom. The van der Waals surface area contributed by atoms with Crippen LogP contribution in [0.25, 0.3) is 0 Å². The Labute approximate surface area is 173 Å². The number of Topliss-reactive ketones (excluding diaryl/α,β-unsaturated/α-hetero) is 1. The van der Waals surface area contributed by atoms with E-state index >= 15 is 0 Å². The molecule has 0 aliphatic carbocycles. The zero-order valence-electron chi connectivity index (χ0n) is 18.0. The summed E-state index contributed by atoms with van der Waals surface area (Å²) in [6.45, 7) is 0. The molecule has 0 saturated heterocycles. The first-order chi connectivity index (χ1) is 13.8. The van der Waals surface area contributed by atoms with Gasteiger partial charge in [-0.15, -0.1) is 0 Å². The van der Waals surface area contributed by atoms with E-state index < -0.39 is 0 Å². The number of aryl methyl sites for hydroxylation is 1. The Morgan fingerprint density at radius 1 is 0.607 bits per heavy atom. The van der Waals surface area contributed by atoms with Crippen LogP contribution in [0.15, 0.2) is 30.3 Å². The van der Waals surface area contributed by atoms with E-state index in [4.69, 9.17) is 0 Å². The van der Waals surface area contributed by atoms with E-state index in [2.05, 4.69) is 30.3 Å². The Kier molecular flexibility index (Phi) is 16.6. The molecule has 1 rings (SSSR count). The van der Waals surface area contributed by atoms with Crippen molar-refractivity contribution >= 4 is 12.1 Å². The second kappa shape index (κ2) is 18.9. The van der Waals surface area contributed by atoms with Gasteiger partial charge in [0.2, 0.25) is 0 Å². The molecule has 0 spiro atoms. The van der Waals surface area contributed by atoms with Crippen LogP contribution in [-0.2, 0) is 16.0 Å².